The van der Waals surface area contributed by atoms with E-state index in [1.54, 1.807) is 0 Å². The van der Waals surface area contributed by atoms with Gasteiger partial charge in [-0.1, -0.05) is 48.7 Å². The summed E-state index contributed by atoms with van der Waals surface area (Å²) >= 11 is 6.28. The molecule has 0 saturated carbocycles. The fraction of sp³-hybridized carbons (Fsp3) is 0.591. The molecule has 0 bridgehead atoms. The topological polar surface area (TPSA) is 26.3 Å². The second-order valence-electron chi connectivity index (χ2n) is 7.58. The summed E-state index contributed by atoms with van der Waals surface area (Å²) in [5.41, 5.74) is 2.47. The van der Waals surface area contributed by atoms with Crippen LogP contribution in [-0.2, 0) is 16.0 Å². The molecule has 144 valence electrons. The highest BCUT2D eigenvalue weighted by molar-refractivity contribution is 6.31. The maximum Gasteiger partial charge on any atom is 0.361 e. The summed E-state index contributed by atoms with van der Waals surface area (Å²) in [5.74, 6) is -0.0440. The summed E-state index contributed by atoms with van der Waals surface area (Å²) < 4.78 is 6.27. The first-order valence-electron chi connectivity index (χ1n) is 9.94. The first-order chi connectivity index (χ1) is 12.5. The predicted molar refractivity (Wildman–Crippen MR) is 108 cm³/mol. The molecule has 0 unspecified atom stereocenters. The van der Waals surface area contributed by atoms with Crippen LogP contribution >= 0.6 is 11.6 Å². The molecule has 0 amide bonds. The zero-order valence-electron chi connectivity index (χ0n) is 16.3. The van der Waals surface area contributed by atoms with E-state index in [1.807, 2.05) is 18.2 Å². The zero-order chi connectivity index (χ0) is 18.8. The van der Waals surface area contributed by atoms with E-state index in [2.05, 4.69) is 26.0 Å². The summed E-state index contributed by atoms with van der Waals surface area (Å²) in [6.45, 7) is 8.36. The Hall–Kier alpha value is -1.32. The molecule has 0 aliphatic carbocycles. The molecule has 1 aromatic carbocycles. The molecule has 1 fully saturated rings. The van der Waals surface area contributed by atoms with Crippen LogP contribution in [-0.4, -0.2) is 43.2 Å². The molecule has 0 atom stereocenters. The van der Waals surface area contributed by atoms with Crippen LogP contribution in [0, 0.1) is 0 Å². The van der Waals surface area contributed by atoms with Gasteiger partial charge in [0, 0.05) is 5.02 Å². The number of esters is 1. The first-order valence-corrected chi connectivity index (χ1v) is 10.3. The number of benzene rings is 1. The van der Waals surface area contributed by atoms with Crippen molar-refractivity contribution in [1.29, 1.82) is 0 Å². The van der Waals surface area contributed by atoms with Crippen molar-refractivity contribution < 1.29 is 14.0 Å². The number of unbranched alkanes of at least 4 members (excludes halogenated alkanes) is 1. The lowest BCUT2D eigenvalue weighted by Gasteiger charge is -2.40. The lowest BCUT2D eigenvalue weighted by molar-refractivity contribution is -0.920. The standard InChI is InChI=1S/C22H33ClNO2/c1-3-4-16-26-22(25)18-24(13-8-5-9-14-24)15-12-19(2)17-20-10-6-7-11-21(20)23/h6-7,10-12H,3-5,8-9,13-18H2,1-2H3/q+1/b19-12+. The summed E-state index contributed by atoms with van der Waals surface area (Å²) in [6.07, 6.45) is 8.82. The minimum Gasteiger partial charge on any atom is -0.462 e. The molecule has 0 radical (unpaired) electrons. The second-order valence-corrected chi connectivity index (χ2v) is 7.99. The first kappa shape index (κ1) is 21.0. The van der Waals surface area contributed by atoms with Gasteiger partial charge in [-0.15, -0.1) is 0 Å². The van der Waals surface area contributed by atoms with E-state index >= 15 is 0 Å². The van der Waals surface area contributed by atoms with Crippen molar-refractivity contribution in [2.75, 3.05) is 32.8 Å². The number of nitrogens with zero attached hydrogens (tertiary/aromatic N) is 1. The van der Waals surface area contributed by atoms with Crippen molar-refractivity contribution in [3.8, 4) is 0 Å². The minimum atomic E-state index is -0.0440. The molecular formula is C22H33ClNO2+. The lowest BCUT2D eigenvalue weighted by Crippen LogP contribution is -2.54. The van der Waals surface area contributed by atoms with Gasteiger partial charge in [0.05, 0.1) is 26.2 Å². The Morgan fingerprint density at radius 2 is 1.96 bits per heavy atom. The monoisotopic (exact) mass is 378 g/mol. The largest absolute Gasteiger partial charge is 0.462 e. The van der Waals surface area contributed by atoms with Gasteiger partial charge in [-0.2, -0.15) is 0 Å². The molecule has 1 aliphatic rings. The number of rotatable bonds is 9. The van der Waals surface area contributed by atoms with Gasteiger partial charge in [0.15, 0.2) is 6.54 Å². The Morgan fingerprint density at radius 3 is 2.65 bits per heavy atom. The van der Waals surface area contributed by atoms with E-state index in [0.29, 0.717) is 13.2 Å². The highest BCUT2D eigenvalue weighted by atomic mass is 35.5. The second kappa shape index (κ2) is 10.7. The minimum absolute atomic E-state index is 0.0440. The van der Waals surface area contributed by atoms with Crippen LogP contribution in [0.5, 0.6) is 0 Å². The van der Waals surface area contributed by atoms with Gasteiger partial charge in [-0.3, -0.25) is 0 Å². The van der Waals surface area contributed by atoms with Crippen molar-refractivity contribution in [3.63, 3.8) is 0 Å². The predicted octanol–water partition coefficient (Wildman–Crippen LogP) is 5.17. The van der Waals surface area contributed by atoms with Crippen molar-refractivity contribution >= 4 is 17.6 Å². The maximum absolute atomic E-state index is 12.3. The van der Waals surface area contributed by atoms with Crippen molar-refractivity contribution in [2.45, 2.75) is 52.4 Å². The van der Waals surface area contributed by atoms with Crippen LogP contribution < -0.4 is 0 Å². The number of carbonyl (C=O) groups excluding carboxylic acids is 1. The molecule has 1 saturated heterocycles. The molecule has 4 heteroatoms. The number of hydrogen-bond donors (Lipinski definition) is 0. The third kappa shape index (κ3) is 6.77. The number of halogens is 1. The van der Waals surface area contributed by atoms with Crippen molar-refractivity contribution in [2.24, 2.45) is 0 Å². The summed E-state index contributed by atoms with van der Waals surface area (Å²) in [5, 5.41) is 0.821. The number of quaternary nitrogens is 1. The van der Waals surface area contributed by atoms with Crippen LogP contribution in [0.4, 0.5) is 0 Å². The van der Waals surface area contributed by atoms with Crippen LogP contribution in [0.1, 0.15) is 51.5 Å². The number of carbonyl (C=O) groups is 1. The third-order valence-electron chi connectivity index (χ3n) is 5.24. The Balaban J connectivity index is 1.98. The van der Waals surface area contributed by atoms with E-state index in [1.165, 1.54) is 24.8 Å². The summed E-state index contributed by atoms with van der Waals surface area (Å²) in [4.78, 5) is 12.3. The molecule has 1 aromatic rings. The van der Waals surface area contributed by atoms with E-state index in [0.717, 1.165) is 54.0 Å². The van der Waals surface area contributed by atoms with Gasteiger partial charge >= 0.3 is 5.97 Å². The maximum atomic E-state index is 12.3. The van der Waals surface area contributed by atoms with Crippen molar-refractivity contribution in [3.05, 3.63) is 46.5 Å². The molecule has 26 heavy (non-hydrogen) atoms. The van der Waals surface area contributed by atoms with Gasteiger partial charge < -0.3 is 9.22 Å². The Labute approximate surface area is 163 Å². The third-order valence-corrected chi connectivity index (χ3v) is 5.61. The summed E-state index contributed by atoms with van der Waals surface area (Å²) in [6, 6.07) is 8.01. The quantitative estimate of drug-likeness (QED) is 0.256. The average molecular weight is 379 g/mol. The fourth-order valence-electron chi connectivity index (χ4n) is 3.60. The van der Waals surface area contributed by atoms with Crippen LogP contribution in [0.2, 0.25) is 5.02 Å². The van der Waals surface area contributed by atoms with Crippen molar-refractivity contribution in [1.82, 2.24) is 0 Å². The van der Waals surface area contributed by atoms with Gasteiger partial charge in [0.2, 0.25) is 0 Å². The summed E-state index contributed by atoms with van der Waals surface area (Å²) in [7, 11) is 0. The SMILES string of the molecule is CCCCOC(=O)C[N+]1(C/C=C(\C)Cc2ccccc2Cl)CCCCC1. The molecule has 1 heterocycles. The number of piperidine rings is 1. The molecule has 0 N–H and O–H groups in total. The van der Waals surface area contributed by atoms with Crippen LogP contribution in [0.25, 0.3) is 0 Å². The van der Waals surface area contributed by atoms with Gasteiger partial charge in [-0.25, -0.2) is 4.79 Å². The van der Waals surface area contributed by atoms with Crippen LogP contribution in [0.3, 0.4) is 0 Å². The average Bonchev–Trinajstić information content (AvgIpc) is 2.63. The molecule has 0 aromatic heterocycles. The molecule has 2 rings (SSSR count). The highest BCUT2D eigenvalue weighted by Gasteiger charge is 2.32. The van der Waals surface area contributed by atoms with Gasteiger partial charge in [0.1, 0.15) is 0 Å². The van der Waals surface area contributed by atoms with E-state index in [9.17, 15) is 4.79 Å². The molecule has 1 aliphatic heterocycles. The molecule has 3 nitrogen and oxygen atoms in total. The Bertz CT molecular complexity index is 606. The Kier molecular flexibility index (Phi) is 8.67. The van der Waals surface area contributed by atoms with E-state index in [4.69, 9.17) is 16.3 Å². The molecular weight excluding hydrogens is 346 g/mol. The smallest absolute Gasteiger partial charge is 0.361 e. The van der Waals surface area contributed by atoms with Crippen LogP contribution in [0.15, 0.2) is 35.9 Å². The fourth-order valence-corrected chi connectivity index (χ4v) is 3.80. The number of allylic oxidation sites excluding steroid dienone is 1. The molecule has 0 spiro atoms. The lowest BCUT2D eigenvalue weighted by atomic mass is 10.0. The Morgan fingerprint density at radius 1 is 1.23 bits per heavy atom. The number of ether oxygens (including phenoxy) is 1. The van der Waals surface area contributed by atoms with Gasteiger partial charge in [0.25, 0.3) is 0 Å². The zero-order valence-corrected chi connectivity index (χ0v) is 17.1. The highest BCUT2D eigenvalue weighted by Crippen LogP contribution is 2.22. The number of hydrogen-bond acceptors (Lipinski definition) is 2. The normalized spacial score (nSPS) is 17.1. The van der Waals surface area contributed by atoms with Gasteiger partial charge in [-0.05, 0) is 56.7 Å². The van der Waals surface area contributed by atoms with E-state index < -0.39 is 0 Å². The number of likely N-dealkylation sites (tertiary alicyclic amines) is 1. The van der Waals surface area contributed by atoms with E-state index in [-0.39, 0.29) is 5.97 Å².